The zero-order valence-electron chi connectivity index (χ0n) is 31.0. The van der Waals surface area contributed by atoms with Crippen LogP contribution in [-0.2, 0) is 51.8 Å². The number of amides is 6. The molecule has 298 valence electrons. The largest absolute Gasteiger partial charge is 0.444 e. The normalized spacial score (nSPS) is 27.6. The fourth-order valence-corrected chi connectivity index (χ4v) is 8.57. The maximum absolute atomic E-state index is 14.6. The van der Waals surface area contributed by atoms with E-state index in [1.807, 2.05) is 0 Å². The topological polar surface area (TPSA) is 201 Å². The van der Waals surface area contributed by atoms with Gasteiger partial charge in [0.2, 0.25) is 27.7 Å². The molecule has 6 rings (SSSR count). The molecule has 0 unspecified atom stereocenters. The van der Waals surface area contributed by atoms with E-state index in [2.05, 4.69) is 21.9 Å². The Hall–Kier alpha value is -5.00. The lowest BCUT2D eigenvalue weighted by molar-refractivity contribution is -0.142. The van der Waals surface area contributed by atoms with Gasteiger partial charge in [-0.05, 0) is 70.6 Å². The Morgan fingerprint density at radius 3 is 2.51 bits per heavy atom. The Morgan fingerprint density at radius 1 is 1.09 bits per heavy atom. The predicted molar refractivity (Wildman–Crippen MR) is 193 cm³/mol. The number of allylic oxidation sites excluding steroid dienone is 1. The molecule has 6 amide bonds. The van der Waals surface area contributed by atoms with Crippen molar-refractivity contribution >= 4 is 45.8 Å². The van der Waals surface area contributed by atoms with Crippen molar-refractivity contribution < 1.29 is 51.0 Å². The van der Waals surface area contributed by atoms with Crippen LogP contribution in [0.3, 0.4) is 0 Å². The van der Waals surface area contributed by atoms with Crippen molar-refractivity contribution in [2.75, 3.05) is 19.6 Å². The van der Waals surface area contributed by atoms with Crippen molar-refractivity contribution in [2.24, 2.45) is 5.92 Å². The van der Waals surface area contributed by atoms with Crippen LogP contribution in [0.5, 0.6) is 0 Å². The van der Waals surface area contributed by atoms with E-state index in [-0.39, 0.29) is 45.6 Å². The third-order valence-electron chi connectivity index (χ3n) is 10.3. The van der Waals surface area contributed by atoms with Crippen molar-refractivity contribution in [2.45, 2.75) is 107 Å². The number of carbonyl (C=O) groups excluding carboxylic acids is 6. The third kappa shape index (κ3) is 8.95. The zero-order valence-corrected chi connectivity index (χ0v) is 31.9. The fraction of sp³-hybridized carbons (Fsp3) is 0.568. The molecule has 1 saturated heterocycles. The van der Waals surface area contributed by atoms with E-state index in [4.69, 9.17) is 9.47 Å². The van der Waals surface area contributed by atoms with Crippen LogP contribution in [0, 0.1) is 11.7 Å². The maximum Gasteiger partial charge on any atom is 0.410 e. The summed E-state index contributed by atoms with van der Waals surface area (Å²) in [5.74, 6) is -4.10. The van der Waals surface area contributed by atoms with Gasteiger partial charge in [0.15, 0.2) is 0 Å². The molecule has 0 radical (unpaired) electrons. The lowest BCUT2D eigenvalue weighted by atomic mass is 10.1. The summed E-state index contributed by atoms with van der Waals surface area (Å²) in [7, 11) is -3.98. The van der Waals surface area contributed by atoms with Gasteiger partial charge >= 0.3 is 12.2 Å². The molecular weight excluding hydrogens is 740 g/mol. The number of carbonyl (C=O) groups is 6. The van der Waals surface area contributed by atoms with E-state index >= 15 is 0 Å². The summed E-state index contributed by atoms with van der Waals surface area (Å²) in [6.45, 7) is 7.99. The molecule has 5 atom stereocenters. The van der Waals surface area contributed by atoms with Gasteiger partial charge < -0.3 is 29.9 Å². The van der Waals surface area contributed by atoms with Gasteiger partial charge in [0, 0.05) is 31.0 Å². The summed E-state index contributed by atoms with van der Waals surface area (Å²) in [6.07, 6.45) is 3.24. The Bertz CT molecular complexity index is 1910. The lowest BCUT2D eigenvalue weighted by Gasteiger charge is -2.32. The first-order valence-electron chi connectivity index (χ1n) is 18.4. The SMILES string of the molecule is C=CC(=O)N1CCC/C=C\[C@@H]2C[C@@]2(C(=O)NS(=O)(=O)C2CC2)NC(=O)[C@@H]2C[C@@H](OC(=O)N3Cc4cccc(F)c4C3)CN2C(=O)[C@@H](NC(=O)OC(C)(C)C)C1. The Morgan fingerprint density at radius 2 is 1.84 bits per heavy atom. The molecule has 2 saturated carbocycles. The van der Waals surface area contributed by atoms with Crippen molar-refractivity contribution in [3.63, 3.8) is 0 Å². The summed E-state index contributed by atoms with van der Waals surface area (Å²) in [6, 6.07) is 1.71. The Kier molecular flexibility index (Phi) is 11.0. The molecule has 0 spiro atoms. The number of alkyl carbamates (subject to hydrolysis) is 1. The number of rotatable bonds is 6. The molecule has 3 heterocycles. The van der Waals surface area contributed by atoms with Gasteiger partial charge in [-0.1, -0.05) is 30.9 Å². The van der Waals surface area contributed by atoms with E-state index in [0.29, 0.717) is 36.8 Å². The highest BCUT2D eigenvalue weighted by Crippen LogP contribution is 2.46. The summed E-state index contributed by atoms with van der Waals surface area (Å²) < 4.78 is 53.5. The molecule has 18 heteroatoms. The van der Waals surface area contributed by atoms with Crippen molar-refractivity contribution in [1.82, 2.24) is 30.1 Å². The highest BCUT2D eigenvalue weighted by atomic mass is 32.2. The number of benzene rings is 1. The van der Waals surface area contributed by atoms with Crippen LogP contribution in [0.25, 0.3) is 0 Å². The maximum atomic E-state index is 14.6. The molecule has 1 aromatic carbocycles. The number of fused-ring (bicyclic) bond motifs is 3. The first kappa shape index (κ1) is 39.7. The van der Waals surface area contributed by atoms with Gasteiger partial charge in [-0.2, -0.15) is 0 Å². The summed E-state index contributed by atoms with van der Waals surface area (Å²) in [5, 5.41) is 4.58. The van der Waals surface area contributed by atoms with Crippen molar-refractivity contribution in [3.05, 3.63) is 60.0 Å². The minimum atomic E-state index is -3.98. The number of nitrogens with zero attached hydrogens (tertiary/aromatic N) is 3. The predicted octanol–water partition coefficient (Wildman–Crippen LogP) is 1.99. The number of hydrogen-bond acceptors (Lipinski definition) is 10. The standard InChI is InChI=1S/C37H47FN6O10S/c1-5-30(45)42-15-8-6-7-11-23-17-37(23,33(48)41-55(51,52)25-13-14-25)40-31(46)29-16-24(53-35(50)43-18-22-10-9-12-27(38)26(22)20-43)19-44(29)32(47)28(21-42)39-34(49)54-36(2,3)4/h5,7,9-12,23-25,28-29H,1,6,8,13-21H2,2-4H3,(H,39,49)(H,40,46)(H,41,48)/b11-7-/t23-,24-,28+,29+,37-/m1/s1. The quantitative estimate of drug-likeness (QED) is 0.283. The third-order valence-corrected chi connectivity index (χ3v) is 12.1. The van der Waals surface area contributed by atoms with E-state index in [9.17, 15) is 41.6 Å². The average molecular weight is 787 g/mol. The fourth-order valence-electron chi connectivity index (χ4n) is 7.21. The van der Waals surface area contributed by atoms with Gasteiger partial charge in [-0.15, -0.1) is 0 Å². The van der Waals surface area contributed by atoms with Crippen LogP contribution in [0.1, 0.15) is 70.4 Å². The second kappa shape index (κ2) is 15.3. The van der Waals surface area contributed by atoms with Gasteiger partial charge in [-0.25, -0.2) is 22.4 Å². The van der Waals surface area contributed by atoms with Crippen LogP contribution in [-0.4, -0.2) is 113 Å². The van der Waals surface area contributed by atoms with E-state index in [1.54, 1.807) is 39.0 Å². The smallest absolute Gasteiger partial charge is 0.410 e. The summed E-state index contributed by atoms with van der Waals surface area (Å²) in [5.41, 5.74) is -1.64. The number of halogens is 1. The Labute approximate surface area is 318 Å². The van der Waals surface area contributed by atoms with Gasteiger partial charge in [-0.3, -0.25) is 28.8 Å². The summed E-state index contributed by atoms with van der Waals surface area (Å²) in [4.78, 5) is 85.8. The molecule has 55 heavy (non-hydrogen) atoms. The second-order valence-corrected chi connectivity index (χ2v) is 17.6. The van der Waals surface area contributed by atoms with E-state index in [0.717, 1.165) is 11.0 Å². The lowest BCUT2D eigenvalue weighted by Crippen LogP contribution is -2.60. The molecule has 3 fully saturated rings. The van der Waals surface area contributed by atoms with Crippen molar-refractivity contribution in [1.29, 1.82) is 0 Å². The minimum absolute atomic E-state index is 0.0501. The molecule has 16 nitrogen and oxygen atoms in total. The minimum Gasteiger partial charge on any atom is -0.444 e. The average Bonchev–Trinajstić information content (AvgIpc) is 3.99. The zero-order chi connectivity index (χ0) is 39.9. The van der Waals surface area contributed by atoms with Crippen LogP contribution in [0.2, 0.25) is 0 Å². The molecule has 5 aliphatic rings. The monoisotopic (exact) mass is 786 g/mol. The number of hydrogen-bond donors (Lipinski definition) is 3. The van der Waals surface area contributed by atoms with Crippen molar-refractivity contribution in [3.8, 4) is 0 Å². The highest BCUT2D eigenvalue weighted by Gasteiger charge is 2.62. The molecule has 0 aromatic heterocycles. The van der Waals surface area contributed by atoms with Crippen LogP contribution in [0.15, 0.2) is 43.0 Å². The first-order chi connectivity index (χ1) is 25.9. The highest BCUT2D eigenvalue weighted by molar-refractivity contribution is 7.91. The molecule has 0 bridgehead atoms. The Balaban J connectivity index is 1.31. The van der Waals surface area contributed by atoms with E-state index < -0.39 is 92.2 Å². The van der Waals surface area contributed by atoms with Gasteiger partial charge in [0.05, 0.1) is 24.9 Å². The number of nitrogens with one attached hydrogen (secondary N) is 3. The molecule has 3 aliphatic heterocycles. The van der Waals surface area contributed by atoms with Gasteiger partial charge in [0.25, 0.3) is 5.91 Å². The van der Waals surface area contributed by atoms with Crippen LogP contribution < -0.4 is 15.4 Å². The molecule has 1 aromatic rings. The number of sulfonamides is 1. The van der Waals surface area contributed by atoms with Crippen LogP contribution in [0.4, 0.5) is 14.0 Å². The molecule has 2 aliphatic carbocycles. The van der Waals surface area contributed by atoms with E-state index in [1.165, 1.54) is 21.9 Å². The number of ether oxygens (including phenoxy) is 2. The van der Waals surface area contributed by atoms with Crippen LogP contribution >= 0.6 is 0 Å². The van der Waals surface area contributed by atoms with Gasteiger partial charge in [0.1, 0.15) is 35.1 Å². The summed E-state index contributed by atoms with van der Waals surface area (Å²) >= 11 is 0. The molecular formula is C37H47FN6O10S. The molecule has 3 N–H and O–H groups in total. The first-order valence-corrected chi connectivity index (χ1v) is 19.9. The second-order valence-electron chi connectivity index (χ2n) is 15.7.